The summed E-state index contributed by atoms with van der Waals surface area (Å²) in [5.74, 6) is -0.283. The van der Waals surface area contributed by atoms with Crippen molar-refractivity contribution in [2.75, 3.05) is 0 Å². The molecule has 1 aromatic carbocycles. The Morgan fingerprint density at radius 1 is 1.39 bits per heavy atom. The number of rotatable bonds is 4. The minimum atomic E-state index is -4.47. The van der Waals surface area contributed by atoms with Gasteiger partial charge in [-0.1, -0.05) is 6.07 Å². The van der Waals surface area contributed by atoms with Crippen LogP contribution in [0.15, 0.2) is 18.2 Å². The van der Waals surface area contributed by atoms with Gasteiger partial charge in [-0.05, 0) is 37.5 Å². The first kappa shape index (κ1) is 15.5. The van der Waals surface area contributed by atoms with Crippen molar-refractivity contribution < 1.29 is 23.1 Å². The fraction of sp³-hybridized carbons (Fsp3) is 0.400. The maximum atomic E-state index is 12.9. The Kier molecular flexibility index (Phi) is 3.62. The zero-order valence-electron chi connectivity index (χ0n) is 12.3. The molecule has 0 atom stereocenters. The number of aryl methyl sites for hydroxylation is 1. The number of halogens is 3. The van der Waals surface area contributed by atoms with Crippen LogP contribution >= 0.6 is 0 Å². The summed E-state index contributed by atoms with van der Waals surface area (Å²) in [5.41, 5.74) is 0.0378. The van der Waals surface area contributed by atoms with E-state index in [4.69, 9.17) is 5.11 Å². The number of aliphatic carboxylic acids is 1. The Labute approximate surface area is 129 Å². The molecule has 1 aromatic heterocycles. The van der Waals surface area contributed by atoms with Gasteiger partial charge in [0, 0.05) is 11.5 Å². The molecule has 1 fully saturated rings. The Balaban J connectivity index is 2.11. The van der Waals surface area contributed by atoms with Crippen molar-refractivity contribution in [3.8, 4) is 11.4 Å². The fourth-order valence-corrected chi connectivity index (χ4v) is 2.35. The second kappa shape index (κ2) is 5.36. The van der Waals surface area contributed by atoms with Crippen LogP contribution in [0.25, 0.3) is 11.4 Å². The van der Waals surface area contributed by atoms with Gasteiger partial charge in [-0.2, -0.15) is 18.3 Å². The predicted octanol–water partition coefficient (Wildman–Crippen LogP) is 3.23. The van der Waals surface area contributed by atoms with E-state index >= 15 is 0 Å². The van der Waals surface area contributed by atoms with Gasteiger partial charge >= 0.3 is 12.1 Å². The van der Waals surface area contributed by atoms with E-state index in [-0.39, 0.29) is 17.3 Å². The van der Waals surface area contributed by atoms with Crippen LogP contribution in [0.4, 0.5) is 13.2 Å². The van der Waals surface area contributed by atoms with Crippen molar-refractivity contribution in [1.29, 1.82) is 0 Å². The molecule has 23 heavy (non-hydrogen) atoms. The van der Waals surface area contributed by atoms with Gasteiger partial charge < -0.3 is 5.11 Å². The standard InChI is InChI=1S/C15H14F3N3O2/c1-8-2-5-10(15(16,17)18)6-11(8)14-19-13(9-3-4-9)20-21(14)7-12(22)23/h2,5-6,9H,3-4,7H2,1H3,(H,22,23). The molecule has 1 saturated carbocycles. The van der Waals surface area contributed by atoms with E-state index in [2.05, 4.69) is 10.1 Å². The van der Waals surface area contributed by atoms with E-state index in [0.717, 1.165) is 25.0 Å². The molecule has 1 N–H and O–H groups in total. The number of benzene rings is 1. The summed E-state index contributed by atoms with van der Waals surface area (Å²) < 4.78 is 40.0. The van der Waals surface area contributed by atoms with Crippen LogP contribution in [0.5, 0.6) is 0 Å². The summed E-state index contributed by atoms with van der Waals surface area (Å²) in [4.78, 5) is 15.3. The summed E-state index contributed by atoms with van der Waals surface area (Å²) in [6, 6.07) is 3.35. The largest absolute Gasteiger partial charge is 0.480 e. The molecule has 0 bridgehead atoms. The molecular formula is C15H14F3N3O2. The van der Waals surface area contributed by atoms with Crippen LogP contribution < -0.4 is 0 Å². The van der Waals surface area contributed by atoms with E-state index in [0.29, 0.717) is 11.4 Å². The van der Waals surface area contributed by atoms with Gasteiger partial charge in [-0.25, -0.2) is 9.67 Å². The Hall–Kier alpha value is -2.38. The first-order valence-corrected chi connectivity index (χ1v) is 7.10. The van der Waals surface area contributed by atoms with Crippen LogP contribution in [-0.2, 0) is 17.5 Å². The van der Waals surface area contributed by atoms with E-state index in [1.54, 1.807) is 6.92 Å². The topological polar surface area (TPSA) is 68.0 Å². The Morgan fingerprint density at radius 2 is 2.09 bits per heavy atom. The molecular weight excluding hydrogens is 311 g/mol. The molecule has 1 heterocycles. The summed E-state index contributed by atoms with van der Waals surface area (Å²) in [7, 11) is 0. The van der Waals surface area contributed by atoms with Crippen LogP contribution in [-0.4, -0.2) is 25.8 Å². The summed E-state index contributed by atoms with van der Waals surface area (Å²) in [5, 5.41) is 13.2. The first-order valence-electron chi connectivity index (χ1n) is 7.10. The van der Waals surface area contributed by atoms with Gasteiger partial charge in [0.1, 0.15) is 6.54 Å². The first-order chi connectivity index (χ1) is 10.8. The van der Waals surface area contributed by atoms with Crippen molar-refractivity contribution in [2.45, 2.75) is 38.4 Å². The Morgan fingerprint density at radius 3 is 2.65 bits per heavy atom. The second-order valence-corrected chi connectivity index (χ2v) is 5.65. The minimum Gasteiger partial charge on any atom is -0.480 e. The highest BCUT2D eigenvalue weighted by Gasteiger charge is 2.33. The van der Waals surface area contributed by atoms with E-state index in [9.17, 15) is 18.0 Å². The lowest BCUT2D eigenvalue weighted by molar-refractivity contribution is -0.138. The zero-order chi connectivity index (χ0) is 16.8. The average molecular weight is 325 g/mol. The smallest absolute Gasteiger partial charge is 0.416 e. The van der Waals surface area contributed by atoms with Gasteiger partial charge in [-0.3, -0.25) is 4.79 Å². The van der Waals surface area contributed by atoms with Gasteiger partial charge in [0.15, 0.2) is 11.6 Å². The SMILES string of the molecule is Cc1ccc(C(F)(F)F)cc1-c1nc(C2CC2)nn1CC(=O)O. The maximum absolute atomic E-state index is 12.9. The zero-order valence-corrected chi connectivity index (χ0v) is 12.3. The second-order valence-electron chi connectivity index (χ2n) is 5.65. The average Bonchev–Trinajstić information content (AvgIpc) is 3.20. The van der Waals surface area contributed by atoms with Crippen molar-refractivity contribution in [3.63, 3.8) is 0 Å². The third-order valence-corrected chi connectivity index (χ3v) is 3.72. The number of carboxylic acids is 1. The van der Waals surface area contributed by atoms with E-state index < -0.39 is 24.3 Å². The maximum Gasteiger partial charge on any atom is 0.416 e. The molecule has 122 valence electrons. The third kappa shape index (κ3) is 3.20. The number of carboxylic acid groups (broad SMARTS) is 1. The summed E-state index contributed by atoms with van der Waals surface area (Å²) in [6.07, 6.45) is -2.64. The number of nitrogens with zero attached hydrogens (tertiary/aromatic N) is 3. The Bertz CT molecular complexity index is 764. The molecule has 5 nitrogen and oxygen atoms in total. The fourth-order valence-electron chi connectivity index (χ4n) is 2.35. The monoisotopic (exact) mass is 325 g/mol. The van der Waals surface area contributed by atoms with Gasteiger partial charge in [-0.15, -0.1) is 0 Å². The van der Waals surface area contributed by atoms with Crippen molar-refractivity contribution in [2.24, 2.45) is 0 Å². The molecule has 3 rings (SSSR count). The number of carbonyl (C=O) groups is 1. The highest BCUT2D eigenvalue weighted by molar-refractivity contribution is 5.69. The molecule has 1 aliphatic carbocycles. The molecule has 0 unspecified atom stereocenters. The summed E-state index contributed by atoms with van der Waals surface area (Å²) in [6.45, 7) is 1.22. The van der Waals surface area contributed by atoms with E-state index in [1.807, 2.05) is 0 Å². The highest BCUT2D eigenvalue weighted by atomic mass is 19.4. The molecule has 0 radical (unpaired) electrons. The molecule has 2 aromatic rings. The minimum absolute atomic E-state index is 0.165. The van der Waals surface area contributed by atoms with Crippen molar-refractivity contribution in [3.05, 3.63) is 35.2 Å². The van der Waals surface area contributed by atoms with Crippen LogP contribution in [0, 0.1) is 6.92 Å². The lowest BCUT2D eigenvalue weighted by Gasteiger charge is -2.11. The van der Waals surface area contributed by atoms with E-state index in [1.165, 1.54) is 10.7 Å². The molecule has 0 amide bonds. The van der Waals surface area contributed by atoms with Gasteiger partial charge in [0.25, 0.3) is 0 Å². The normalized spacial score (nSPS) is 15.0. The molecule has 0 aliphatic heterocycles. The van der Waals surface area contributed by atoms with Crippen molar-refractivity contribution >= 4 is 5.97 Å². The van der Waals surface area contributed by atoms with Crippen molar-refractivity contribution in [1.82, 2.24) is 14.8 Å². The lowest BCUT2D eigenvalue weighted by Crippen LogP contribution is -2.12. The molecule has 1 aliphatic rings. The van der Waals surface area contributed by atoms with Crippen LogP contribution in [0.2, 0.25) is 0 Å². The summed E-state index contributed by atoms with van der Waals surface area (Å²) >= 11 is 0. The molecule has 0 saturated heterocycles. The highest BCUT2D eigenvalue weighted by Crippen LogP contribution is 2.39. The molecule has 0 spiro atoms. The van der Waals surface area contributed by atoms with Gasteiger partial charge in [0.05, 0.1) is 5.56 Å². The quantitative estimate of drug-likeness (QED) is 0.937. The number of alkyl halides is 3. The molecule has 8 heteroatoms. The predicted molar refractivity (Wildman–Crippen MR) is 74.8 cm³/mol. The lowest BCUT2D eigenvalue weighted by atomic mass is 10.0. The third-order valence-electron chi connectivity index (χ3n) is 3.72. The van der Waals surface area contributed by atoms with Crippen LogP contribution in [0.1, 0.15) is 35.7 Å². The number of hydrogen-bond donors (Lipinski definition) is 1. The number of aromatic nitrogens is 3. The number of hydrogen-bond acceptors (Lipinski definition) is 3. The van der Waals surface area contributed by atoms with Crippen LogP contribution in [0.3, 0.4) is 0 Å². The van der Waals surface area contributed by atoms with Gasteiger partial charge in [0.2, 0.25) is 0 Å².